The van der Waals surface area contributed by atoms with Crippen LogP contribution < -0.4 is 5.32 Å². The number of likely N-dealkylation sites (tertiary alicyclic amines) is 1. The molecule has 2 rings (SSSR count). The van der Waals surface area contributed by atoms with Crippen molar-refractivity contribution in [3.63, 3.8) is 0 Å². The molecule has 0 amide bonds. The fourth-order valence-corrected chi connectivity index (χ4v) is 3.90. The molecule has 0 radical (unpaired) electrons. The number of hydrogen-bond acceptors (Lipinski definition) is 3. The van der Waals surface area contributed by atoms with Crippen molar-refractivity contribution in [3.05, 3.63) is 0 Å². The smallest absolute Gasteiger partial charge is 0.0166 e. The fraction of sp³-hybridized carbons (Fsp3) is 1.00. The number of thioether (sulfide) groups is 1. The molecule has 2 heterocycles. The molecule has 2 nitrogen and oxygen atoms in total. The van der Waals surface area contributed by atoms with E-state index in [0.29, 0.717) is 0 Å². The summed E-state index contributed by atoms with van der Waals surface area (Å²) in [5.74, 6) is 3.50. The van der Waals surface area contributed by atoms with Gasteiger partial charge in [-0.15, -0.1) is 0 Å². The van der Waals surface area contributed by atoms with Crippen molar-refractivity contribution in [2.24, 2.45) is 5.92 Å². The highest BCUT2D eigenvalue weighted by atomic mass is 32.2. The number of piperidine rings is 1. The molecule has 0 bridgehead atoms. The van der Waals surface area contributed by atoms with Crippen molar-refractivity contribution in [2.75, 3.05) is 37.7 Å². The number of hydrogen-bond donors (Lipinski definition) is 1. The maximum Gasteiger partial charge on any atom is 0.0166 e. The summed E-state index contributed by atoms with van der Waals surface area (Å²) in [4.78, 5) is 2.65. The summed E-state index contributed by atoms with van der Waals surface area (Å²) >= 11 is 2.10. The Morgan fingerprint density at radius 2 is 2.12 bits per heavy atom. The lowest BCUT2D eigenvalue weighted by molar-refractivity contribution is 0.198. The van der Waals surface area contributed by atoms with E-state index in [0.717, 1.165) is 12.0 Å². The molecule has 0 aliphatic carbocycles. The van der Waals surface area contributed by atoms with Gasteiger partial charge in [-0.3, -0.25) is 0 Å². The predicted octanol–water partition coefficient (Wildman–Crippen LogP) is 2.20. The average molecular weight is 242 g/mol. The molecule has 0 saturated carbocycles. The molecule has 2 unspecified atom stereocenters. The Balaban J connectivity index is 1.57. The van der Waals surface area contributed by atoms with Crippen LogP contribution in [0, 0.1) is 5.92 Å². The summed E-state index contributed by atoms with van der Waals surface area (Å²) in [5, 5.41) is 3.72. The van der Waals surface area contributed by atoms with E-state index in [4.69, 9.17) is 0 Å². The summed E-state index contributed by atoms with van der Waals surface area (Å²) in [6, 6.07) is 0.800. The lowest BCUT2D eigenvalue weighted by Gasteiger charge is -2.29. The van der Waals surface area contributed by atoms with Crippen LogP contribution in [0.4, 0.5) is 0 Å². The lowest BCUT2D eigenvalue weighted by atomic mass is 10.1. The van der Waals surface area contributed by atoms with Gasteiger partial charge in [0.15, 0.2) is 0 Å². The average Bonchev–Trinajstić information content (AvgIpc) is 2.81. The van der Waals surface area contributed by atoms with E-state index in [9.17, 15) is 0 Å². The van der Waals surface area contributed by atoms with Gasteiger partial charge >= 0.3 is 0 Å². The van der Waals surface area contributed by atoms with Crippen LogP contribution in [0.2, 0.25) is 0 Å². The van der Waals surface area contributed by atoms with Gasteiger partial charge in [0.05, 0.1) is 0 Å². The molecule has 16 heavy (non-hydrogen) atoms. The van der Waals surface area contributed by atoms with Gasteiger partial charge in [0, 0.05) is 18.3 Å². The second-order valence-electron chi connectivity index (χ2n) is 5.44. The third-order valence-electron chi connectivity index (χ3n) is 3.70. The molecule has 2 fully saturated rings. The van der Waals surface area contributed by atoms with E-state index in [1.165, 1.54) is 63.4 Å². The standard InChI is InChI=1S/C13H26N2S/c1-12(9-14-13-5-8-16-11-13)10-15-6-3-2-4-7-15/h12-14H,2-11H2,1H3. The Hall–Kier alpha value is 0.270. The first kappa shape index (κ1) is 12.7. The van der Waals surface area contributed by atoms with E-state index >= 15 is 0 Å². The van der Waals surface area contributed by atoms with Crippen LogP contribution in [-0.2, 0) is 0 Å². The molecule has 3 heteroatoms. The molecule has 0 aromatic carbocycles. The van der Waals surface area contributed by atoms with Crippen LogP contribution in [0.5, 0.6) is 0 Å². The minimum absolute atomic E-state index is 0.800. The molecule has 1 N–H and O–H groups in total. The van der Waals surface area contributed by atoms with Crippen molar-refractivity contribution in [1.29, 1.82) is 0 Å². The third-order valence-corrected chi connectivity index (χ3v) is 4.87. The summed E-state index contributed by atoms with van der Waals surface area (Å²) in [6.45, 7) is 7.57. The van der Waals surface area contributed by atoms with Crippen LogP contribution in [0.25, 0.3) is 0 Å². The first-order chi connectivity index (χ1) is 7.84. The zero-order chi connectivity index (χ0) is 11.2. The van der Waals surface area contributed by atoms with Gasteiger partial charge < -0.3 is 10.2 Å². The quantitative estimate of drug-likeness (QED) is 0.796. The van der Waals surface area contributed by atoms with Crippen molar-refractivity contribution in [3.8, 4) is 0 Å². The molecule has 2 aliphatic heterocycles. The molecule has 94 valence electrons. The first-order valence-electron chi connectivity index (χ1n) is 6.88. The van der Waals surface area contributed by atoms with Crippen LogP contribution in [-0.4, -0.2) is 48.6 Å². The topological polar surface area (TPSA) is 15.3 Å². The first-order valence-corrected chi connectivity index (χ1v) is 8.03. The van der Waals surface area contributed by atoms with Gasteiger partial charge in [-0.2, -0.15) is 11.8 Å². The van der Waals surface area contributed by atoms with E-state index in [2.05, 4.69) is 28.9 Å². The molecular formula is C13H26N2S. The monoisotopic (exact) mass is 242 g/mol. The summed E-state index contributed by atoms with van der Waals surface area (Å²) < 4.78 is 0. The van der Waals surface area contributed by atoms with E-state index < -0.39 is 0 Å². The van der Waals surface area contributed by atoms with Gasteiger partial charge in [-0.25, -0.2) is 0 Å². The molecule has 0 aromatic rings. The minimum atomic E-state index is 0.800. The Labute approximate surface area is 105 Å². The number of nitrogens with zero attached hydrogens (tertiary/aromatic N) is 1. The highest BCUT2D eigenvalue weighted by Gasteiger charge is 2.17. The third kappa shape index (κ3) is 4.27. The van der Waals surface area contributed by atoms with Gasteiger partial charge in [-0.05, 0) is 50.6 Å². The van der Waals surface area contributed by atoms with E-state index in [1.54, 1.807) is 0 Å². The molecular weight excluding hydrogens is 216 g/mol. The Morgan fingerprint density at radius 1 is 1.31 bits per heavy atom. The van der Waals surface area contributed by atoms with Gasteiger partial charge in [-0.1, -0.05) is 13.3 Å². The van der Waals surface area contributed by atoms with E-state index in [-0.39, 0.29) is 0 Å². The molecule has 0 aromatic heterocycles. The fourth-order valence-electron chi connectivity index (χ4n) is 2.71. The number of rotatable bonds is 5. The maximum atomic E-state index is 3.72. The second kappa shape index (κ2) is 6.87. The molecule has 2 aliphatic rings. The second-order valence-corrected chi connectivity index (χ2v) is 6.59. The summed E-state index contributed by atoms with van der Waals surface area (Å²) in [6.07, 6.45) is 5.66. The van der Waals surface area contributed by atoms with E-state index in [1.807, 2.05) is 0 Å². The normalized spacial score (nSPS) is 29.4. The minimum Gasteiger partial charge on any atom is -0.313 e. The molecule has 0 spiro atoms. The van der Waals surface area contributed by atoms with Crippen molar-refractivity contribution in [2.45, 2.75) is 38.6 Å². The Bertz CT molecular complexity index is 186. The zero-order valence-electron chi connectivity index (χ0n) is 10.6. The number of nitrogens with one attached hydrogen (secondary N) is 1. The lowest BCUT2D eigenvalue weighted by Crippen LogP contribution is -2.39. The summed E-state index contributed by atoms with van der Waals surface area (Å²) in [7, 11) is 0. The van der Waals surface area contributed by atoms with Crippen LogP contribution in [0.3, 0.4) is 0 Å². The van der Waals surface area contributed by atoms with Crippen molar-refractivity contribution >= 4 is 11.8 Å². The van der Waals surface area contributed by atoms with Gasteiger partial charge in [0.2, 0.25) is 0 Å². The van der Waals surface area contributed by atoms with Crippen molar-refractivity contribution < 1.29 is 0 Å². The van der Waals surface area contributed by atoms with Crippen LogP contribution >= 0.6 is 11.8 Å². The van der Waals surface area contributed by atoms with Gasteiger partial charge in [0.1, 0.15) is 0 Å². The zero-order valence-corrected chi connectivity index (χ0v) is 11.4. The highest BCUT2D eigenvalue weighted by Crippen LogP contribution is 2.17. The van der Waals surface area contributed by atoms with Crippen LogP contribution in [0.15, 0.2) is 0 Å². The Morgan fingerprint density at radius 3 is 2.81 bits per heavy atom. The predicted molar refractivity (Wildman–Crippen MR) is 73.2 cm³/mol. The SMILES string of the molecule is CC(CNC1CCSC1)CN1CCCCC1. The van der Waals surface area contributed by atoms with Gasteiger partial charge in [0.25, 0.3) is 0 Å². The molecule has 2 atom stereocenters. The van der Waals surface area contributed by atoms with Crippen LogP contribution in [0.1, 0.15) is 32.6 Å². The molecule has 2 saturated heterocycles. The van der Waals surface area contributed by atoms with Crippen molar-refractivity contribution in [1.82, 2.24) is 10.2 Å². The maximum absolute atomic E-state index is 3.72. The Kier molecular flexibility index (Phi) is 5.46. The summed E-state index contributed by atoms with van der Waals surface area (Å²) in [5.41, 5.74) is 0. The largest absolute Gasteiger partial charge is 0.313 e. The highest BCUT2D eigenvalue weighted by molar-refractivity contribution is 7.99.